The van der Waals surface area contributed by atoms with Crippen LogP contribution < -0.4 is 10.2 Å². The molecule has 0 aliphatic carbocycles. The van der Waals surface area contributed by atoms with E-state index >= 15 is 0 Å². The van der Waals surface area contributed by atoms with Gasteiger partial charge in [-0.25, -0.2) is 4.79 Å². The number of benzene rings is 3. The van der Waals surface area contributed by atoms with Gasteiger partial charge in [0.15, 0.2) is 6.61 Å². The summed E-state index contributed by atoms with van der Waals surface area (Å²) in [6.07, 6.45) is 1.27. The normalized spacial score (nSPS) is 12.8. The quantitative estimate of drug-likeness (QED) is 0.364. The van der Waals surface area contributed by atoms with E-state index in [9.17, 15) is 14.4 Å². The highest BCUT2D eigenvalue weighted by Crippen LogP contribution is 2.30. The topological polar surface area (TPSA) is 99.5 Å². The van der Waals surface area contributed by atoms with E-state index in [0.29, 0.717) is 41.2 Å². The molecular formula is C27H23N3O4S. The van der Waals surface area contributed by atoms with Crippen LogP contribution in [-0.4, -0.2) is 30.9 Å². The van der Waals surface area contributed by atoms with E-state index in [1.807, 2.05) is 30.3 Å². The Labute approximate surface area is 207 Å². The second-order valence-electron chi connectivity index (χ2n) is 7.88. The van der Waals surface area contributed by atoms with Gasteiger partial charge in [0.05, 0.1) is 28.6 Å². The molecule has 1 fully saturated rings. The van der Waals surface area contributed by atoms with E-state index in [0.717, 1.165) is 16.9 Å². The molecule has 0 unspecified atom stereocenters. The van der Waals surface area contributed by atoms with E-state index in [4.69, 9.17) is 10.00 Å². The number of carbonyl (C=O) groups excluding carboxylic acids is 3. The molecule has 0 saturated carbocycles. The molecule has 1 saturated heterocycles. The van der Waals surface area contributed by atoms with Crippen LogP contribution in [0, 0.1) is 11.3 Å². The molecule has 2 amide bonds. The van der Waals surface area contributed by atoms with Crippen molar-refractivity contribution in [3.8, 4) is 6.07 Å². The maximum absolute atomic E-state index is 12.7. The summed E-state index contributed by atoms with van der Waals surface area (Å²) in [5.74, 6) is -0.442. The molecule has 0 aromatic heterocycles. The molecule has 0 bridgehead atoms. The number of esters is 1. The Hall–Kier alpha value is -4.09. The summed E-state index contributed by atoms with van der Waals surface area (Å²) in [7, 11) is 0. The summed E-state index contributed by atoms with van der Waals surface area (Å²) >= 11 is 1.47. The van der Waals surface area contributed by atoms with Crippen LogP contribution >= 0.6 is 11.8 Å². The highest BCUT2D eigenvalue weighted by molar-refractivity contribution is 7.98. The first-order valence-corrected chi connectivity index (χ1v) is 12.1. The van der Waals surface area contributed by atoms with Crippen LogP contribution in [0.5, 0.6) is 0 Å². The molecule has 3 aromatic rings. The van der Waals surface area contributed by atoms with E-state index in [2.05, 4.69) is 11.4 Å². The Balaban J connectivity index is 1.36. The largest absolute Gasteiger partial charge is 0.452 e. The van der Waals surface area contributed by atoms with Gasteiger partial charge in [-0.1, -0.05) is 36.4 Å². The average molecular weight is 486 g/mol. The van der Waals surface area contributed by atoms with Gasteiger partial charge in [-0.05, 0) is 48.4 Å². The maximum atomic E-state index is 12.7. The van der Waals surface area contributed by atoms with Crippen molar-refractivity contribution in [3.63, 3.8) is 0 Å². The lowest BCUT2D eigenvalue weighted by Crippen LogP contribution is -2.27. The van der Waals surface area contributed by atoms with Crippen molar-refractivity contribution in [2.24, 2.45) is 0 Å². The number of nitrogens with zero attached hydrogens (tertiary/aromatic N) is 2. The SMILES string of the molecule is N#Cc1ccc(CSc2ccccc2C(=O)OCC(=O)Nc2ccccc2N2CCCC2=O)cc1. The van der Waals surface area contributed by atoms with Crippen molar-refractivity contribution < 1.29 is 19.1 Å². The lowest BCUT2D eigenvalue weighted by Gasteiger charge is -2.20. The lowest BCUT2D eigenvalue weighted by atomic mass is 10.2. The van der Waals surface area contributed by atoms with Gasteiger partial charge in [0.25, 0.3) is 5.91 Å². The number of hydrogen-bond donors (Lipinski definition) is 1. The van der Waals surface area contributed by atoms with Crippen LogP contribution in [0.1, 0.15) is 34.3 Å². The number of thioether (sulfide) groups is 1. The predicted octanol–water partition coefficient (Wildman–Crippen LogP) is 4.77. The predicted molar refractivity (Wildman–Crippen MR) is 134 cm³/mol. The first-order valence-electron chi connectivity index (χ1n) is 11.1. The Kier molecular flexibility index (Phi) is 7.81. The van der Waals surface area contributed by atoms with Crippen molar-refractivity contribution in [3.05, 3.63) is 89.5 Å². The Morgan fingerprint density at radius 1 is 1.03 bits per heavy atom. The zero-order valence-corrected chi connectivity index (χ0v) is 19.7. The Morgan fingerprint density at radius 3 is 2.51 bits per heavy atom. The van der Waals surface area contributed by atoms with Gasteiger partial charge in [-0.2, -0.15) is 5.26 Å². The lowest BCUT2D eigenvalue weighted by molar-refractivity contribution is -0.119. The third-order valence-corrected chi connectivity index (χ3v) is 6.61. The summed E-state index contributed by atoms with van der Waals surface area (Å²) in [5.41, 5.74) is 3.13. The van der Waals surface area contributed by atoms with Gasteiger partial charge in [0, 0.05) is 23.6 Å². The van der Waals surface area contributed by atoms with Crippen molar-refractivity contribution in [2.75, 3.05) is 23.4 Å². The summed E-state index contributed by atoms with van der Waals surface area (Å²) < 4.78 is 5.29. The van der Waals surface area contributed by atoms with E-state index in [1.54, 1.807) is 47.4 Å². The van der Waals surface area contributed by atoms with Gasteiger partial charge in [-0.3, -0.25) is 9.59 Å². The molecule has 1 aliphatic rings. The Morgan fingerprint density at radius 2 is 1.77 bits per heavy atom. The van der Waals surface area contributed by atoms with Crippen LogP contribution in [-0.2, 0) is 20.1 Å². The molecule has 176 valence electrons. The van der Waals surface area contributed by atoms with Gasteiger partial charge >= 0.3 is 5.97 Å². The standard InChI is InChI=1S/C27H23N3O4S/c28-16-19-11-13-20(14-12-19)18-35-24-9-4-1-6-21(24)27(33)34-17-25(31)29-22-7-2-3-8-23(22)30-15-5-10-26(30)32/h1-4,6-9,11-14H,5,10,15,17-18H2,(H,29,31). The molecule has 0 radical (unpaired) electrons. The molecule has 7 nitrogen and oxygen atoms in total. The van der Waals surface area contributed by atoms with Gasteiger partial charge in [0.1, 0.15) is 0 Å². The van der Waals surface area contributed by atoms with E-state index in [1.165, 1.54) is 11.8 Å². The number of carbonyl (C=O) groups is 3. The first-order chi connectivity index (χ1) is 17.0. The van der Waals surface area contributed by atoms with E-state index in [-0.39, 0.29) is 5.91 Å². The van der Waals surface area contributed by atoms with Crippen LogP contribution in [0.25, 0.3) is 0 Å². The van der Waals surface area contributed by atoms with Gasteiger partial charge < -0.3 is 15.0 Å². The molecule has 1 N–H and O–H groups in total. The van der Waals surface area contributed by atoms with Gasteiger partial charge in [0.2, 0.25) is 5.91 Å². The van der Waals surface area contributed by atoms with Crippen molar-refractivity contribution >= 4 is 40.9 Å². The molecule has 3 aromatic carbocycles. The summed E-state index contributed by atoms with van der Waals surface area (Å²) in [5, 5.41) is 11.7. The van der Waals surface area contributed by atoms with Crippen molar-refractivity contribution in [2.45, 2.75) is 23.5 Å². The molecule has 4 rings (SSSR count). The number of amides is 2. The van der Waals surface area contributed by atoms with Crippen LogP contribution in [0.2, 0.25) is 0 Å². The maximum Gasteiger partial charge on any atom is 0.339 e. The minimum Gasteiger partial charge on any atom is -0.452 e. The number of ether oxygens (including phenoxy) is 1. The number of para-hydroxylation sites is 2. The highest BCUT2D eigenvalue weighted by atomic mass is 32.2. The number of hydrogen-bond acceptors (Lipinski definition) is 6. The van der Waals surface area contributed by atoms with Crippen molar-refractivity contribution in [1.29, 1.82) is 5.26 Å². The number of nitriles is 1. The van der Waals surface area contributed by atoms with Crippen LogP contribution in [0.3, 0.4) is 0 Å². The molecule has 0 atom stereocenters. The second-order valence-corrected chi connectivity index (χ2v) is 8.90. The Bertz CT molecular complexity index is 1280. The summed E-state index contributed by atoms with van der Waals surface area (Å²) in [6.45, 7) is 0.160. The molecule has 1 aliphatic heterocycles. The molecule has 0 spiro atoms. The minimum absolute atomic E-state index is 0.0215. The number of rotatable bonds is 8. The summed E-state index contributed by atoms with van der Waals surface area (Å²) in [4.78, 5) is 39.8. The zero-order chi connectivity index (χ0) is 24.6. The molecule has 35 heavy (non-hydrogen) atoms. The zero-order valence-electron chi connectivity index (χ0n) is 18.9. The number of anilines is 2. The average Bonchev–Trinajstić information content (AvgIpc) is 3.32. The monoisotopic (exact) mass is 485 g/mol. The second kappa shape index (κ2) is 11.4. The third kappa shape index (κ3) is 6.08. The fourth-order valence-corrected chi connectivity index (χ4v) is 4.71. The molecule has 1 heterocycles. The van der Waals surface area contributed by atoms with E-state index < -0.39 is 18.5 Å². The third-order valence-electron chi connectivity index (χ3n) is 5.46. The molecule has 8 heteroatoms. The smallest absolute Gasteiger partial charge is 0.339 e. The summed E-state index contributed by atoms with van der Waals surface area (Å²) in [6, 6.07) is 23.5. The number of nitrogens with one attached hydrogen (secondary N) is 1. The highest BCUT2D eigenvalue weighted by Gasteiger charge is 2.24. The van der Waals surface area contributed by atoms with Gasteiger partial charge in [-0.15, -0.1) is 11.8 Å². The molecular weight excluding hydrogens is 462 g/mol. The fourth-order valence-electron chi connectivity index (χ4n) is 3.71. The van der Waals surface area contributed by atoms with Crippen LogP contribution in [0.15, 0.2) is 77.7 Å². The first kappa shape index (κ1) is 24.0. The van der Waals surface area contributed by atoms with Crippen molar-refractivity contribution in [1.82, 2.24) is 0 Å². The minimum atomic E-state index is -0.592. The fraction of sp³-hybridized carbons (Fsp3) is 0.185. The van der Waals surface area contributed by atoms with Crippen LogP contribution in [0.4, 0.5) is 11.4 Å².